The van der Waals surface area contributed by atoms with Crippen LogP contribution < -0.4 is 11.1 Å². The van der Waals surface area contributed by atoms with Gasteiger partial charge in [0.15, 0.2) is 0 Å². The Balaban J connectivity index is 1.66. The lowest BCUT2D eigenvalue weighted by Crippen LogP contribution is -2.37. The number of nitrogens with one attached hydrogen (secondary N) is 1. The molecule has 0 radical (unpaired) electrons. The van der Waals surface area contributed by atoms with Crippen molar-refractivity contribution in [2.24, 2.45) is 5.73 Å². The van der Waals surface area contributed by atoms with Crippen LogP contribution in [-0.4, -0.2) is 29.3 Å². The fraction of sp³-hybridized carbons (Fsp3) is 0.364. The topological polar surface area (TPSA) is 75.4 Å². The lowest BCUT2D eigenvalue weighted by atomic mass is 10.0. The van der Waals surface area contributed by atoms with E-state index in [2.05, 4.69) is 29.3 Å². The first kappa shape index (κ1) is 19.1. The molecule has 5 nitrogen and oxygen atoms in total. The summed E-state index contributed by atoms with van der Waals surface area (Å²) in [7, 11) is 0. The number of nitrogens with zero attached hydrogens (tertiary/aromatic N) is 1. The standard InChI is InChI=1S/C22H27N3O2/c1-16-7-4-5-12-25(16)15-20-9-3-2-8-19(20)14-24-22(27)18-11-6-10-17(13-18)21(23)26/h2-3,6,8-11,13,16H,4-5,7,12,14-15H2,1H3,(H2,23,26)(H,24,27). The number of amides is 2. The average Bonchev–Trinajstić information content (AvgIpc) is 2.69. The summed E-state index contributed by atoms with van der Waals surface area (Å²) < 4.78 is 0. The molecular formula is C22H27N3O2. The van der Waals surface area contributed by atoms with Crippen LogP contribution >= 0.6 is 0 Å². The predicted molar refractivity (Wildman–Crippen MR) is 106 cm³/mol. The molecule has 1 heterocycles. The Bertz CT molecular complexity index is 819. The average molecular weight is 365 g/mol. The van der Waals surface area contributed by atoms with Gasteiger partial charge < -0.3 is 11.1 Å². The predicted octanol–water partition coefficient (Wildman–Crippen LogP) is 3.09. The van der Waals surface area contributed by atoms with Crippen LogP contribution in [0.5, 0.6) is 0 Å². The number of primary amides is 1. The zero-order chi connectivity index (χ0) is 19.2. The number of carbonyl (C=O) groups excluding carboxylic acids is 2. The smallest absolute Gasteiger partial charge is 0.251 e. The van der Waals surface area contributed by atoms with Gasteiger partial charge in [-0.3, -0.25) is 14.5 Å². The van der Waals surface area contributed by atoms with Crippen molar-refractivity contribution in [3.8, 4) is 0 Å². The highest BCUT2D eigenvalue weighted by atomic mass is 16.2. The minimum Gasteiger partial charge on any atom is -0.366 e. The summed E-state index contributed by atoms with van der Waals surface area (Å²) in [6, 6.07) is 15.3. The maximum Gasteiger partial charge on any atom is 0.251 e. The molecule has 1 unspecified atom stereocenters. The minimum atomic E-state index is -0.536. The zero-order valence-electron chi connectivity index (χ0n) is 15.8. The van der Waals surface area contributed by atoms with Gasteiger partial charge in [0.2, 0.25) is 5.91 Å². The molecule has 0 bridgehead atoms. The Morgan fingerprint density at radius 2 is 1.81 bits per heavy atom. The fourth-order valence-corrected chi connectivity index (χ4v) is 3.59. The normalized spacial score (nSPS) is 17.4. The van der Waals surface area contributed by atoms with Crippen molar-refractivity contribution in [3.05, 3.63) is 70.8 Å². The number of hydrogen-bond donors (Lipinski definition) is 2. The van der Waals surface area contributed by atoms with Crippen LogP contribution in [0.2, 0.25) is 0 Å². The third-order valence-electron chi connectivity index (χ3n) is 5.28. The van der Waals surface area contributed by atoms with Crippen molar-refractivity contribution in [3.63, 3.8) is 0 Å². The van der Waals surface area contributed by atoms with E-state index < -0.39 is 5.91 Å². The fourth-order valence-electron chi connectivity index (χ4n) is 3.59. The molecule has 142 valence electrons. The molecule has 1 aliphatic heterocycles. The SMILES string of the molecule is CC1CCCCN1Cc1ccccc1CNC(=O)c1cccc(C(N)=O)c1. The Morgan fingerprint density at radius 1 is 1.07 bits per heavy atom. The molecule has 2 amide bonds. The molecule has 2 aromatic rings. The van der Waals surface area contributed by atoms with Crippen LogP contribution in [0.4, 0.5) is 0 Å². The van der Waals surface area contributed by atoms with E-state index in [-0.39, 0.29) is 5.91 Å². The van der Waals surface area contributed by atoms with E-state index in [0.717, 1.165) is 18.7 Å². The largest absolute Gasteiger partial charge is 0.366 e. The van der Waals surface area contributed by atoms with Crippen molar-refractivity contribution in [2.45, 2.75) is 45.3 Å². The summed E-state index contributed by atoms with van der Waals surface area (Å²) in [6.07, 6.45) is 3.80. The summed E-state index contributed by atoms with van der Waals surface area (Å²) in [6.45, 7) is 4.78. The highest BCUT2D eigenvalue weighted by Crippen LogP contribution is 2.21. The first-order chi connectivity index (χ1) is 13.0. The van der Waals surface area contributed by atoms with E-state index in [9.17, 15) is 9.59 Å². The van der Waals surface area contributed by atoms with Crippen molar-refractivity contribution < 1.29 is 9.59 Å². The lowest BCUT2D eigenvalue weighted by Gasteiger charge is -2.33. The van der Waals surface area contributed by atoms with Crippen LogP contribution in [-0.2, 0) is 13.1 Å². The van der Waals surface area contributed by atoms with Crippen molar-refractivity contribution in [2.75, 3.05) is 6.54 Å². The molecule has 1 atom stereocenters. The number of rotatable bonds is 6. The summed E-state index contributed by atoms with van der Waals surface area (Å²) in [5.74, 6) is -0.745. The van der Waals surface area contributed by atoms with Crippen molar-refractivity contribution in [1.29, 1.82) is 0 Å². The summed E-state index contributed by atoms with van der Waals surface area (Å²) in [4.78, 5) is 26.3. The van der Waals surface area contributed by atoms with Crippen LogP contribution in [0.25, 0.3) is 0 Å². The Labute approximate surface area is 160 Å². The third kappa shape index (κ3) is 4.95. The number of piperidine rings is 1. The number of hydrogen-bond acceptors (Lipinski definition) is 3. The Hall–Kier alpha value is -2.66. The second kappa shape index (κ2) is 8.82. The van der Waals surface area contributed by atoms with Crippen LogP contribution in [0.3, 0.4) is 0 Å². The number of carbonyl (C=O) groups is 2. The van der Waals surface area contributed by atoms with Gasteiger partial charge in [0, 0.05) is 30.3 Å². The van der Waals surface area contributed by atoms with E-state index in [0.29, 0.717) is 23.7 Å². The van der Waals surface area contributed by atoms with Gasteiger partial charge in [-0.2, -0.15) is 0 Å². The molecule has 0 saturated carbocycles. The second-order valence-corrected chi connectivity index (χ2v) is 7.21. The highest BCUT2D eigenvalue weighted by Gasteiger charge is 2.19. The van der Waals surface area contributed by atoms with E-state index in [1.54, 1.807) is 18.2 Å². The first-order valence-corrected chi connectivity index (χ1v) is 9.53. The van der Waals surface area contributed by atoms with Gasteiger partial charge in [-0.15, -0.1) is 0 Å². The number of likely N-dealkylation sites (tertiary alicyclic amines) is 1. The van der Waals surface area contributed by atoms with Gasteiger partial charge in [-0.1, -0.05) is 36.8 Å². The maximum absolute atomic E-state index is 12.5. The summed E-state index contributed by atoms with van der Waals surface area (Å²) in [5, 5.41) is 2.96. The summed E-state index contributed by atoms with van der Waals surface area (Å²) >= 11 is 0. The highest BCUT2D eigenvalue weighted by molar-refractivity contribution is 5.99. The Kier molecular flexibility index (Phi) is 6.24. The zero-order valence-corrected chi connectivity index (χ0v) is 15.8. The summed E-state index contributed by atoms with van der Waals surface area (Å²) in [5.41, 5.74) is 8.43. The Morgan fingerprint density at radius 3 is 2.56 bits per heavy atom. The molecular weight excluding hydrogens is 338 g/mol. The second-order valence-electron chi connectivity index (χ2n) is 7.21. The first-order valence-electron chi connectivity index (χ1n) is 9.53. The molecule has 2 aromatic carbocycles. The molecule has 1 fully saturated rings. The molecule has 3 N–H and O–H groups in total. The van der Waals surface area contributed by atoms with Crippen LogP contribution in [0, 0.1) is 0 Å². The monoisotopic (exact) mass is 365 g/mol. The van der Waals surface area contributed by atoms with Gasteiger partial charge in [0.25, 0.3) is 5.91 Å². The van der Waals surface area contributed by atoms with Crippen molar-refractivity contribution >= 4 is 11.8 Å². The molecule has 3 rings (SSSR count). The van der Waals surface area contributed by atoms with Gasteiger partial charge in [0.05, 0.1) is 0 Å². The van der Waals surface area contributed by atoms with E-state index in [1.807, 2.05) is 12.1 Å². The van der Waals surface area contributed by atoms with Crippen LogP contribution in [0.1, 0.15) is 58.0 Å². The number of benzene rings is 2. The van der Waals surface area contributed by atoms with Gasteiger partial charge in [-0.25, -0.2) is 0 Å². The van der Waals surface area contributed by atoms with E-state index in [4.69, 9.17) is 5.73 Å². The van der Waals surface area contributed by atoms with Crippen molar-refractivity contribution in [1.82, 2.24) is 10.2 Å². The minimum absolute atomic E-state index is 0.209. The molecule has 0 spiro atoms. The molecule has 0 aromatic heterocycles. The quantitative estimate of drug-likeness (QED) is 0.826. The van der Waals surface area contributed by atoms with E-state index in [1.165, 1.54) is 30.9 Å². The molecule has 0 aliphatic carbocycles. The number of nitrogens with two attached hydrogens (primary N) is 1. The molecule has 1 aliphatic rings. The molecule has 5 heteroatoms. The molecule has 1 saturated heterocycles. The lowest BCUT2D eigenvalue weighted by molar-refractivity contribution is 0.0950. The van der Waals surface area contributed by atoms with Crippen LogP contribution in [0.15, 0.2) is 48.5 Å². The van der Waals surface area contributed by atoms with E-state index >= 15 is 0 Å². The van der Waals surface area contributed by atoms with Gasteiger partial charge in [0.1, 0.15) is 0 Å². The van der Waals surface area contributed by atoms with Gasteiger partial charge in [-0.05, 0) is 55.6 Å². The molecule has 27 heavy (non-hydrogen) atoms. The van der Waals surface area contributed by atoms with Gasteiger partial charge >= 0.3 is 0 Å². The third-order valence-corrected chi connectivity index (χ3v) is 5.28. The maximum atomic E-state index is 12.5.